The van der Waals surface area contributed by atoms with Crippen molar-refractivity contribution in [2.45, 2.75) is 26.3 Å². The number of anilines is 2. The Morgan fingerprint density at radius 1 is 1.23 bits per heavy atom. The molecule has 1 aromatic heterocycles. The molecule has 1 N–H and O–H groups in total. The van der Waals surface area contributed by atoms with Gasteiger partial charge >= 0.3 is 0 Å². The highest BCUT2D eigenvalue weighted by Gasteiger charge is 2.26. The van der Waals surface area contributed by atoms with Gasteiger partial charge in [-0.05, 0) is 38.0 Å². The third-order valence-electron chi connectivity index (χ3n) is 4.18. The average Bonchev–Trinajstić information content (AvgIpc) is 2.99. The van der Waals surface area contributed by atoms with Crippen LogP contribution < -0.4 is 10.2 Å². The van der Waals surface area contributed by atoms with E-state index >= 15 is 0 Å². The number of hydrogen-bond donors (Lipinski definition) is 1. The van der Waals surface area contributed by atoms with Gasteiger partial charge in [-0.3, -0.25) is 0 Å². The van der Waals surface area contributed by atoms with Crippen molar-refractivity contribution in [1.29, 1.82) is 5.26 Å². The molecule has 0 aliphatic carbocycles. The van der Waals surface area contributed by atoms with Crippen LogP contribution in [0.2, 0.25) is 0 Å². The van der Waals surface area contributed by atoms with Crippen LogP contribution in [-0.4, -0.2) is 29.3 Å². The molecule has 0 spiro atoms. The van der Waals surface area contributed by atoms with Crippen LogP contribution >= 0.6 is 0 Å². The summed E-state index contributed by atoms with van der Waals surface area (Å²) in [7, 11) is 0. The van der Waals surface area contributed by atoms with Crippen molar-refractivity contribution in [2.24, 2.45) is 0 Å². The van der Waals surface area contributed by atoms with Crippen molar-refractivity contribution in [2.75, 3.05) is 23.3 Å². The molecule has 22 heavy (non-hydrogen) atoms. The van der Waals surface area contributed by atoms with Gasteiger partial charge in [0.25, 0.3) is 0 Å². The Labute approximate surface area is 130 Å². The van der Waals surface area contributed by atoms with E-state index in [1.165, 1.54) is 0 Å². The summed E-state index contributed by atoms with van der Waals surface area (Å²) >= 11 is 0. The van der Waals surface area contributed by atoms with E-state index in [1.807, 2.05) is 32.0 Å². The number of rotatable bonds is 3. The number of nitriles is 1. The lowest BCUT2D eigenvalue weighted by atomic mass is 10.1. The molecule has 2 aromatic rings. The zero-order chi connectivity index (χ0) is 15.5. The second kappa shape index (κ2) is 6.02. The van der Waals surface area contributed by atoms with E-state index in [4.69, 9.17) is 0 Å². The highest BCUT2D eigenvalue weighted by atomic mass is 15.3. The Morgan fingerprint density at radius 3 is 2.73 bits per heavy atom. The molecule has 1 saturated heterocycles. The fraction of sp³-hybridized carbons (Fsp3) is 0.353. The lowest BCUT2D eigenvalue weighted by molar-refractivity contribution is 0.803. The number of aryl methyl sites for hydroxylation is 1. The molecule has 1 aliphatic rings. The molecular weight excluding hydrogens is 274 g/mol. The smallest absolute Gasteiger partial charge is 0.169 e. The molecular formula is C17H19N5. The van der Waals surface area contributed by atoms with Crippen molar-refractivity contribution in [3.63, 3.8) is 0 Å². The fourth-order valence-corrected chi connectivity index (χ4v) is 2.79. The summed E-state index contributed by atoms with van der Waals surface area (Å²) < 4.78 is 0. The predicted octanol–water partition coefficient (Wildman–Crippen LogP) is 2.66. The monoisotopic (exact) mass is 293 g/mol. The Balaban J connectivity index is 1.76. The summed E-state index contributed by atoms with van der Waals surface area (Å²) in [5.41, 5.74) is 3.51. The van der Waals surface area contributed by atoms with Gasteiger partial charge in [0.2, 0.25) is 0 Å². The Bertz CT molecular complexity index is 705. The maximum Gasteiger partial charge on any atom is 0.169 e. The first-order chi connectivity index (χ1) is 10.7. The number of nitrogens with one attached hydrogen (secondary N) is 1. The quantitative estimate of drug-likeness (QED) is 0.942. The molecule has 0 amide bonds. The van der Waals surface area contributed by atoms with Crippen LogP contribution in [0.1, 0.15) is 23.2 Å². The summed E-state index contributed by atoms with van der Waals surface area (Å²) in [5.74, 6) is 0.711. The van der Waals surface area contributed by atoms with E-state index in [0.29, 0.717) is 17.4 Å². The lowest BCUT2D eigenvalue weighted by Crippen LogP contribution is -2.27. The first kappa shape index (κ1) is 14.3. The predicted molar refractivity (Wildman–Crippen MR) is 86.9 cm³/mol. The topological polar surface area (TPSA) is 64.8 Å². The van der Waals surface area contributed by atoms with Crippen LogP contribution in [-0.2, 0) is 0 Å². The van der Waals surface area contributed by atoms with Gasteiger partial charge < -0.3 is 10.2 Å². The maximum atomic E-state index is 9.43. The van der Waals surface area contributed by atoms with Gasteiger partial charge in [0.15, 0.2) is 5.82 Å². The van der Waals surface area contributed by atoms with Crippen LogP contribution in [0.5, 0.6) is 0 Å². The Kier molecular flexibility index (Phi) is 3.92. The molecule has 1 aromatic carbocycles. The highest BCUT2D eigenvalue weighted by molar-refractivity contribution is 5.58. The van der Waals surface area contributed by atoms with Gasteiger partial charge in [-0.25, -0.2) is 0 Å². The van der Waals surface area contributed by atoms with Crippen LogP contribution in [0.25, 0.3) is 0 Å². The van der Waals surface area contributed by atoms with Gasteiger partial charge in [0.1, 0.15) is 11.6 Å². The SMILES string of the molecule is Cc1nnc(N2CC[C@@H](Nc3ccccc3)C2)c(C#N)c1C. The summed E-state index contributed by atoms with van der Waals surface area (Å²) in [5, 5.41) is 21.4. The molecule has 1 fully saturated rings. The van der Waals surface area contributed by atoms with Crippen molar-refractivity contribution in [3.8, 4) is 6.07 Å². The highest BCUT2D eigenvalue weighted by Crippen LogP contribution is 2.25. The molecule has 2 heterocycles. The largest absolute Gasteiger partial charge is 0.380 e. The van der Waals surface area contributed by atoms with Crippen LogP contribution in [0.3, 0.4) is 0 Å². The van der Waals surface area contributed by atoms with E-state index in [9.17, 15) is 5.26 Å². The molecule has 0 bridgehead atoms. The molecule has 5 heteroatoms. The van der Waals surface area contributed by atoms with E-state index in [1.54, 1.807) is 0 Å². The lowest BCUT2D eigenvalue weighted by Gasteiger charge is -2.20. The minimum absolute atomic E-state index is 0.359. The van der Waals surface area contributed by atoms with Crippen LogP contribution in [0.15, 0.2) is 30.3 Å². The van der Waals surface area contributed by atoms with Gasteiger partial charge in [-0.2, -0.15) is 10.4 Å². The fourth-order valence-electron chi connectivity index (χ4n) is 2.79. The second-order valence-electron chi connectivity index (χ2n) is 5.66. The first-order valence-electron chi connectivity index (χ1n) is 7.49. The van der Waals surface area contributed by atoms with Crippen molar-refractivity contribution in [3.05, 3.63) is 47.2 Å². The standard InChI is InChI=1S/C17H19N5/c1-12-13(2)20-21-17(16(12)10-18)22-9-8-15(11-22)19-14-6-4-3-5-7-14/h3-7,15,19H,8-9,11H2,1-2H3/t15-/m1/s1. The number of nitrogens with zero attached hydrogens (tertiary/aromatic N) is 4. The molecule has 0 saturated carbocycles. The van der Waals surface area contributed by atoms with E-state index in [0.717, 1.165) is 36.5 Å². The number of para-hydroxylation sites is 1. The summed E-state index contributed by atoms with van der Waals surface area (Å²) in [4.78, 5) is 2.15. The molecule has 5 nitrogen and oxygen atoms in total. The molecule has 3 rings (SSSR count). The molecule has 0 unspecified atom stereocenters. The minimum Gasteiger partial charge on any atom is -0.380 e. The third kappa shape index (κ3) is 2.73. The third-order valence-corrected chi connectivity index (χ3v) is 4.18. The van der Waals surface area contributed by atoms with Crippen LogP contribution in [0, 0.1) is 25.2 Å². The van der Waals surface area contributed by atoms with Gasteiger partial charge in [0, 0.05) is 24.8 Å². The number of hydrogen-bond acceptors (Lipinski definition) is 5. The van der Waals surface area contributed by atoms with Crippen molar-refractivity contribution < 1.29 is 0 Å². The number of benzene rings is 1. The van der Waals surface area contributed by atoms with Gasteiger partial charge in [-0.15, -0.1) is 5.10 Å². The molecule has 1 atom stereocenters. The summed E-state index contributed by atoms with van der Waals surface area (Å²) in [6.07, 6.45) is 1.02. The second-order valence-corrected chi connectivity index (χ2v) is 5.66. The van der Waals surface area contributed by atoms with Crippen molar-refractivity contribution in [1.82, 2.24) is 10.2 Å². The zero-order valence-electron chi connectivity index (χ0n) is 12.9. The van der Waals surface area contributed by atoms with E-state index in [2.05, 4.69) is 38.6 Å². The minimum atomic E-state index is 0.359. The van der Waals surface area contributed by atoms with E-state index in [-0.39, 0.29) is 0 Å². The average molecular weight is 293 g/mol. The summed E-state index contributed by atoms with van der Waals surface area (Å²) in [6, 6.07) is 12.8. The zero-order valence-corrected chi connectivity index (χ0v) is 12.9. The molecule has 0 radical (unpaired) electrons. The normalized spacial score (nSPS) is 17.3. The Hall–Kier alpha value is -2.61. The summed E-state index contributed by atoms with van der Waals surface area (Å²) in [6.45, 7) is 5.54. The van der Waals surface area contributed by atoms with Crippen molar-refractivity contribution >= 4 is 11.5 Å². The van der Waals surface area contributed by atoms with E-state index < -0.39 is 0 Å². The van der Waals surface area contributed by atoms with Gasteiger partial charge in [0.05, 0.1) is 5.69 Å². The first-order valence-corrected chi connectivity index (χ1v) is 7.49. The maximum absolute atomic E-state index is 9.43. The van der Waals surface area contributed by atoms with Gasteiger partial charge in [-0.1, -0.05) is 18.2 Å². The Morgan fingerprint density at radius 2 is 2.00 bits per heavy atom. The molecule has 1 aliphatic heterocycles. The molecule has 112 valence electrons. The number of aromatic nitrogens is 2. The van der Waals surface area contributed by atoms with Crippen LogP contribution in [0.4, 0.5) is 11.5 Å².